The number of hydrogen-bond donors (Lipinski definition) is 1. The zero-order chi connectivity index (χ0) is 11.5. The molecule has 15 heavy (non-hydrogen) atoms. The van der Waals surface area contributed by atoms with E-state index in [4.69, 9.17) is 0 Å². The molecule has 0 saturated heterocycles. The highest BCUT2D eigenvalue weighted by atomic mass is 15.1. The molecule has 0 aromatic heterocycles. The average Bonchev–Trinajstić information content (AvgIpc) is 2.82. The summed E-state index contributed by atoms with van der Waals surface area (Å²) in [4.78, 5) is 2.46. The maximum atomic E-state index is 3.53. The quantitative estimate of drug-likeness (QED) is 0.727. The monoisotopic (exact) mass is 212 g/mol. The van der Waals surface area contributed by atoms with E-state index in [1.807, 2.05) is 0 Å². The summed E-state index contributed by atoms with van der Waals surface area (Å²) < 4.78 is 0. The van der Waals surface area contributed by atoms with Crippen molar-refractivity contribution in [1.82, 2.24) is 10.2 Å². The first kappa shape index (κ1) is 13.0. The predicted molar refractivity (Wildman–Crippen MR) is 67.1 cm³/mol. The lowest BCUT2D eigenvalue weighted by Crippen LogP contribution is -2.41. The molecule has 1 unspecified atom stereocenters. The van der Waals surface area contributed by atoms with Crippen LogP contribution in [0.1, 0.15) is 40.5 Å². The van der Waals surface area contributed by atoms with Gasteiger partial charge >= 0.3 is 0 Å². The molecule has 1 rings (SSSR count). The van der Waals surface area contributed by atoms with Crippen molar-refractivity contribution in [3.63, 3.8) is 0 Å². The number of rotatable bonds is 6. The Bertz CT molecular complexity index is 179. The number of hydrogen-bond acceptors (Lipinski definition) is 2. The summed E-state index contributed by atoms with van der Waals surface area (Å²) in [6, 6.07) is 0. The van der Waals surface area contributed by atoms with Gasteiger partial charge in [-0.1, -0.05) is 6.92 Å². The van der Waals surface area contributed by atoms with Gasteiger partial charge in [0.2, 0.25) is 0 Å². The van der Waals surface area contributed by atoms with Crippen molar-refractivity contribution in [2.75, 3.05) is 26.7 Å². The van der Waals surface area contributed by atoms with Gasteiger partial charge in [-0.2, -0.15) is 0 Å². The summed E-state index contributed by atoms with van der Waals surface area (Å²) in [7, 11) is 2.24. The van der Waals surface area contributed by atoms with Gasteiger partial charge in [-0.25, -0.2) is 0 Å². The number of likely N-dealkylation sites (N-methyl/N-ethyl adjacent to an activating group) is 1. The Morgan fingerprint density at radius 1 is 1.33 bits per heavy atom. The zero-order valence-electron chi connectivity index (χ0n) is 11.1. The Balaban J connectivity index is 2.05. The van der Waals surface area contributed by atoms with E-state index in [1.165, 1.54) is 19.4 Å². The molecule has 1 atom stereocenters. The Morgan fingerprint density at radius 2 is 1.93 bits per heavy atom. The minimum atomic E-state index is 0.253. The van der Waals surface area contributed by atoms with Crippen LogP contribution < -0.4 is 5.32 Å². The smallest absolute Gasteiger partial charge is 0.0104 e. The van der Waals surface area contributed by atoms with Gasteiger partial charge in [-0.3, -0.25) is 0 Å². The largest absolute Gasteiger partial charge is 0.311 e. The zero-order valence-corrected chi connectivity index (χ0v) is 11.1. The second-order valence-corrected chi connectivity index (χ2v) is 6.25. The summed E-state index contributed by atoms with van der Waals surface area (Å²) >= 11 is 0. The summed E-state index contributed by atoms with van der Waals surface area (Å²) in [5.41, 5.74) is 0.253. The van der Waals surface area contributed by atoms with Crippen molar-refractivity contribution < 1.29 is 0 Å². The maximum absolute atomic E-state index is 3.53. The SMILES string of the molecule is CC(CN(C)CCNC(C)(C)C)C1CC1. The van der Waals surface area contributed by atoms with E-state index in [1.54, 1.807) is 0 Å². The molecular weight excluding hydrogens is 184 g/mol. The van der Waals surface area contributed by atoms with Crippen LogP contribution in [0.15, 0.2) is 0 Å². The number of nitrogens with one attached hydrogen (secondary N) is 1. The molecule has 1 aliphatic rings. The highest BCUT2D eigenvalue weighted by molar-refractivity contribution is 4.80. The van der Waals surface area contributed by atoms with E-state index < -0.39 is 0 Å². The van der Waals surface area contributed by atoms with Crippen molar-refractivity contribution >= 4 is 0 Å². The van der Waals surface area contributed by atoms with Crippen LogP contribution in [0.4, 0.5) is 0 Å². The normalized spacial score (nSPS) is 19.6. The van der Waals surface area contributed by atoms with Crippen molar-refractivity contribution in [1.29, 1.82) is 0 Å². The lowest BCUT2D eigenvalue weighted by Gasteiger charge is -2.25. The van der Waals surface area contributed by atoms with Crippen LogP contribution in [0.5, 0.6) is 0 Å². The molecule has 0 aliphatic heterocycles. The molecule has 0 aromatic carbocycles. The Kier molecular flexibility index (Phi) is 4.60. The van der Waals surface area contributed by atoms with Crippen LogP contribution in [0.25, 0.3) is 0 Å². The van der Waals surface area contributed by atoms with Gasteiger partial charge in [0.15, 0.2) is 0 Å². The standard InChI is InChI=1S/C13H28N2/c1-11(12-6-7-12)10-15(5)9-8-14-13(2,3)4/h11-12,14H,6-10H2,1-5H3. The maximum Gasteiger partial charge on any atom is 0.0104 e. The number of nitrogens with zero attached hydrogens (tertiary/aromatic N) is 1. The van der Waals surface area contributed by atoms with Gasteiger partial charge in [-0.05, 0) is 52.5 Å². The first-order chi connectivity index (χ1) is 6.88. The highest BCUT2D eigenvalue weighted by Gasteiger charge is 2.28. The van der Waals surface area contributed by atoms with Gasteiger partial charge in [0.25, 0.3) is 0 Å². The van der Waals surface area contributed by atoms with E-state index in [9.17, 15) is 0 Å². The molecule has 0 amide bonds. The van der Waals surface area contributed by atoms with Crippen LogP contribution in [0.3, 0.4) is 0 Å². The van der Waals surface area contributed by atoms with Crippen molar-refractivity contribution in [3.05, 3.63) is 0 Å². The summed E-state index contributed by atoms with van der Waals surface area (Å²) in [6.07, 6.45) is 2.94. The van der Waals surface area contributed by atoms with E-state index in [0.29, 0.717) is 0 Å². The van der Waals surface area contributed by atoms with E-state index in [-0.39, 0.29) is 5.54 Å². The van der Waals surface area contributed by atoms with Gasteiger partial charge in [-0.15, -0.1) is 0 Å². The molecule has 1 saturated carbocycles. The minimum Gasteiger partial charge on any atom is -0.311 e. The molecule has 0 aromatic rings. The van der Waals surface area contributed by atoms with Crippen LogP contribution in [0.2, 0.25) is 0 Å². The first-order valence-electron chi connectivity index (χ1n) is 6.32. The fourth-order valence-corrected chi connectivity index (χ4v) is 2.02. The van der Waals surface area contributed by atoms with E-state index in [0.717, 1.165) is 24.9 Å². The van der Waals surface area contributed by atoms with Crippen molar-refractivity contribution in [3.8, 4) is 0 Å². The molecule has 1 fully saturated rings. The summed E-state index contributed by atoms with van der Waals surface area (Å²) in [5, 5.41) is 3.53. The van der Waals surface area contributed by atoms with Gasteiger partial charge in [0.05, 0.1) is 0 Å². The van der Waals surface area contributed by atoms with Gasteiger partial charge < -0.3 is 10.2 Å². The second kappa shape index (κ2) is 5.31. The molecule has 1 aliphatic carbocycles. The molecule has 2 heteroatoms. The molecule has 0 radical (unpaired) electrons. The molecule has 0 spiro atoms. The molecule has 0 bridgehead atoms. The molecule has 90 valence electrons. The predicted octanol–water partition coefficient (Wildman–Crippen LogP) is 2.35. The molecule has 1 N–H and O–H groups in total. The topological polar surface area (TPSA) is 15.3 Å². The molecule has 2 nitrogen and oxygen atoms in total. The van der Waals surface area contributed by atoms with Crippen LogP contribution >= 0.6 is 0 Å². The Labute approximate surface area is 95.4 Å². The van der Waals surface area contributed by atoms with Crippen LogP contribution in [-0.2, 0) is 0 Å². The fraction of sp³-hybridized carbons (Fsp3) is 1.00. The third kappa shape index (κ3) is 6.16. The summed E-state index contributed by atoms with van der Waals surface area (Å²) in [6.45, 7) is 12.6. The molecular formula is C13H28N2. The van der Waals surface area contributed by atoms with Gasteiger partial charge in [0.1, 0.15) is 0 Å². The van der Waals surface area contributed by atoms with Crippen molar-refractivity contribution in [2.24, 2.45) is 11.8 Å². The fourth-order valence-electron chi connectivity index (χ4n) is 2.02. The summed E-state index contributed by atoms with van der Waals surface area (Å²) in [5.74, 6) is 1.92. The molecule has 0 heterocycles. The minimum absolute atomic E-state index is 0.253. The lowest BCUT2D eigenvalue weighted by molar-refractivity contribution is 0.260. The third-order valence-electron chi connectivity index (χ3n) is 3.18. The Morgan fingerprint density at radius 3 is 2.40 bits per heavy atom. The van der Waals surface area contributed by atoms with Crippen LogP contribution in [-0.4, -0.2) is 37.1 Å². The van der Waals surface area contributed by atoms with Crippen molar-refractivity contribution in [2.45, 2.75) is 46.1 Å². The second-order valence-electron chi connectivity index (χ2n) is 6.25. The lowest BCUT2D eigenvalue weighted by atomic mass is 10.1. The van der Waals surface area contributed by atoms with E-state index >= 15 is 0 Å². The first-order valence-corrected chi connectivity index (χ1v) is 6.32. The third-order valence-corrected chi connectivity index (χ3v) is 3.18. The average molecular weight is 212 g/mol. The van der Waals surface area contributed by atoms with Gasteiger partial charge in [0, 0.05) is 25.2 Å². The van der Waals surface area contributed by atoms with E-state index in [2.05, 4.69) is 45.0 Å². The highest BCUT2D eigenvalue weighted by Crippen LogP contribution is 2.36. The Hall–Kier alpha value is -0.0800. The van der Waals surface area contributed by atoms with Crippen LogP contribution in [0, 0.1) is 11.8 Å².